The summed E-state index contributed by atoms with van der Waals surface area (Å²) in [6.07, 6.45) is 5.53. The number of allylic oxidation sites excluding steroid dienone is 2. The molecule has 2 aliphatic rings. The lowest BCUT2D eigenvalue weighted by Crippen LogP contribution is -2.33. The van der Waals surface area contributed by atoms with E-state index < -0.39 is 8.32 Å². The van der Waals surface area contributed by atoms with Gasteiger partial charge in [0.25, 0.3) is 0 Å². The fourth-order valence-corrected chi connectivity index (χ4v) is 6.67. The lowest BCUT2D eigenvalue weighted by molar-refractivity contribution is -0.0501. The third-order valence-electron chi connectivity index (χ3n) is 7.50. The van der Waals surface area contributed by atoms with Crippen LogP contribution in [0, 0.1) is 11.8 Å². The zero-order chi connectivity index (χ0) is 28.4. The van der Waals surface area contributed by atoms with E-state index in [1.165, 1.54) is 11.3 Å². The molecule has 0 N–H and O–H groups in total. The van der Waals surface area contributed by atoms with Crippen LogP contribution in [0.25, 0.3) is 0 Å². The van der Waals surface area contributed by atoms with E-state index >= 15 is 0 Å². The van der Waals surface area contributed by atoms with Gasteiger partial charge >= 0.3 is 6.09 Å². The molecule has 2 aromatic rings. The summed E-state index contributed by atoms with van der Waals surface area (Å²) in [4.78, 5) is 15.1. The third kappa shape index (κ3) is 9.79. The smallest absolute Gasteiger partial charge is 0.410 e. The van der Waals surface area contributed by atoms with Gasteiger partial charge in [-0.05, 0) is 80.3 Å². The van der Waals surface area contributed by atoms with Gasteiger partial charge in [0.15, 0.2) is 6.29 Å². The van der Waals surface area contributed by atoms with Crippen LogP contribution < -0.4 is 0 Å². The lowest BCUT2D eigenvalue weighted by Gasteiger charge is -2.36. The summed E-state index contributed by atoms with van der Waals surface area (Å²) >= 11 is 0. The van der Waals surface area contributed by atoms with Crippen LogP contribution in [-0.4, -0.2) is 45.4 Å². The Morgan fingerprint density at radius 1 is 0.950 bits per heavy atom. The molecule has 0 radical (unpaired) electrons. The second kappa shape index (κ2) is 14.9. The minimum Gasteiger partial charge on any atom is -0.547 e. The number of amides is 1. The number of carbonyl (C=O) groups excluding carboxylic acids is 1. The molecule has 1 aliphatic carbocycles. The standard InChI is InChI=1S/C33H47NO5Si/c1-26-22-29(17-18-32-36-20-21-37-32)30(31(23-26)39-40(2,3)4)16-11-19-34(24-27-12-7-5-8-13-27)33(35)38-25-28-14-9-6-10-15-28/h5-10,12-15,26,29,32H,11,16-25H2,1-4H3/t26-,29-/m1/s1. The summed E-state index contributed by atoms with van der Waals surface area (Å²) in [6, 6.07) is 20.0. The highest BCUT2D eigenvalue weighted by Gasteiger charge is 2.32. The van der Waals surface area contributed by atoms with Gasteiger partial charge in [-0.3, -0.25) is 0 Å². The Kier molecular flexibility index (Phi) is 11.3. The van der Waals surface area contributed by atoms with E-state index in [-0.39, 0.29) is 19.0 Å². The highest BCUT2D eigenvalue weighted by atomic mass is 28.4. The van der Waals surface area contributed by atoms with Crippen molar-refractivity contribution >= 4 is 14.4 Å². The summed E-state index contributed by atoms with van der Waals surface area (Å²) in [7, 11) is -1.76. The summed E-state index contributed by atoms with van der Waals surface area (Å²) < 4.78 is 23.9. The zero-order valence-electron chi connectivity index (χ0n) is 24.8. The van der Waals surface area contributed by atoms with Gasteiger partial charge in [-0.25, -0.2) is 4.79 Å². The van der Waals surface area contributed by atoms with Crippen LogP contribution in [0.3, 0.4) is 0 Å². The van der Waals surface area contributed by atoms with Gasteiger partial charge in [0, 0.05) is 19.5 Å². The van der Waals surface area contributed by atoms with Gasteiger partial charge in [0.2, 0.25) is 8.32 Å². The molecule has 7 heteroatoms. The third-order valence-corrected chi connectivity index (χ3v) is 8.36. The maximum absolute atomic E-state index is 13.3. The molecule has 0 saturated carbocycles. The fraction of sp³-hybridized carbons (Fsp3) is 0.545. The lowest BCUT2D eigenvalue weighted by atomic mass is 9.77. The maximum Gasteiger partial charge on any atom is 0.410 e. The van der Waals surface area contributed by atoms with Crippen molar-refractivity contribution in [2.75, 3.05) is 19.8 Å². The first-order valence-corrected chi connectivity index (χ1v) is 18.3. The van der Waals surface area contributed by atoms with Crippen LogP contribution >= 0.6 is 0 Å². The Morgan fingerprint density at radius 3 is 2.25 bits per heavy atom. The molecule has 0 unspecified atom stereocenters. The molecule has 0 spiro atoms. The van der Waals surface area contributed by atoms with E-state index in [0.717, 1.165) is 49.7 Å². The first-order valence-electron chi connectivity index (χ1n) is 14.9. The van der Waals surface area contributed by atoms with Crippen LogP contribution in [-0.2, 0) is 31.8 Å². The molecule has 0 aromatic heterocycles. The Labute approximate surface area is 241 Å². The van der Waals surface area contributed by atoms with Crippen molar-refractivity contribution in [2.24, 2.45) is 11.8 Å². The highest BCUT2D eigenvalue weighted by molar-refractivity contribution is 6.70. The summed E-state index contributed by atoms with van der Waals surface area (Å²) in [6.45, 7) is 11.9. The second-order valence-electron chi connectivity index (χ2n) is 12.2. The highest BCUT2D eigenvalue weighted by Crippen LogP contribution is 2.41. The van der Waals surface area contributed by atoms with Gasteiger partial charge in [0.05, 0.1) is 19.0 Å². The Morgan fingerprint density at radius 2 is 1.60 bits per heavy atom. The van der Waals surface area contributed by atoms with Gasteiger partial charge in [-0.2, -0.15) is 0 Å². The molecule has 218 valence electrons. The van der Waals surface area contributed by atoms with Crippen molar-refractivity contribution in [1.82, 2.24) is 4.90 Å². The minimum absolute atomic E-state index is 0.0828. The average Bonchev–Trinajstić information content (AvgIpc) is 3.45. The van der Waals surface area contributed by atoms with Gasteiger partial charge < -0.3 is 23.5 Å². The summed E-state index contributed by atoms with van der Waals surface area (Å²) in [5.41, 5.74) is 3.53. The molecule has 0 bridgehead atoms. The van der Waals surface area contributed by atoms with E-state index in [0.29, 0.717) is 38.1 Å². The molecule has 2 aromatic carbocycles. The molecule has 1 saturated heterocycles. The van der Waals surface area contributed by atoms with Crippen molar-refractivity contribution in [3.8, 4) is 0 Å². The summed E-state index contributed by atoms with van der Waals surface area (Å²) in [5.74, 6) is 2.25. The second-order valence-corrected chi connectivity index (χ2v) is 16.6. The van der Waals surface area contributed by atoms with Gasteiger partial charge in [0.1, 0.15) is 6.61 Å². The maximum atomic E-state index is 13.3. The van der Waals surface area contributed by atoms with E-state index in [2.05, 4.69) is 38.7 Å². The quantitative estimate of drug-likeness (QED) is 0.231. The number of benzene rings is 2. The van der Waals surface area contributed by atoms with Crippen molar-refractivity contribution in [3.05, 3.63) is 83.1 Å². The first kappa shape index (κ1) is 30.3. The molecule has 40 heavy (non-hydrogen) atoms. The molecule has 4 rings (SSSR count). The molecular formula is C33H47NO5Si. The van der Waals surface area contributed by atoms with Crippen molar-refractivity contribution in [2.45, 2.75) is 84.5 Å². The molecule has 1 amide bonds. The summed E-state index contributed by atoms with van der Waals surface area (Å²) in [5, 5.41) is 0. The molecule has 1 aliphatic heterocycles. The van der Waals surface area contributed by atoms with Gasteiger partial charge in [-0.15, -0.1) is 0 Å². The number of ether oxygens (including phenoxy) is 3. The van der Waals surface area contributed by atoms with Gasteiger partial charge in [-0.1, -0.05) is 67.6 Å². The largest absolute Gasteiger partial charge is 0.547 e. The van der Waals surface area contributed by atoms with Crippen LogP contribution in [0.2, 0.25) is 19.6 Å². The van der Waals surface area contributed by atoms with Crippen LogP contribution in [0.15, 0.2) is 72.0 Å². The molecular weight excluding hydrogens is 518 g/mol. The molecule has 1 heterocycles. The normalized spacial score (nSPS) is 20.0. The van der Waals surface area contributed by atoms with Crippen LogP contribution in [0.1, 0.15) is 56.6 Å². The van der Waals surface area contributed by atoms with E-state index in [9.17, 15) is 4.79 Å². The number of rotatable bonds is 13. The zero-order valence-corrected chi connectivity index (χ0v) is 25.8. The number of nitrogens with zero attached hydrogens (tertiary/aromatic N) is 1. The van der Waals surface area contributed by atoms with Crippen molar-refractivity contribution < 1.29 is 23.4 Å². The molecule has 2 atom stereocenters. The van der Waals surface area contributed by atoms with Crippen molar-refractivity contribution in [1.29, 1.82) is 0 Å². The number of hydrogen-bond donors (Lipinski definition) is 0. The van der Waals surface area contributed by atoms with Crippen LogP contribution in [0.5, 0.6) is 0 Å². The Balaban J connectivity index is 1.45. The molecule has 6 nitrogen and oxygen atoms in total. The van der Waals surface area contributed by atoms with E-state index in [1.54, 1.807) is 0 Å². The predicted molar refractivity (Wildman–Crippen MR) is 161 cm³/mol. The Hall–Kier alpha value is -2.61. The average molecular weight is 566 g/mol. The topological polar surface area (TPSA) is 57.2 Å². The number of carbonyl (C=O) groups is 1. The fourth-order valence-electron chi connectivity index (χ4n) is 5.72. The predicted octanol–water partition coefficient (Wildman–Crippen LogP) is 7.91. The number of hydrogen-bond acceptors (Lipinski definition) is 5. The van der Waals surface area contributed by atoms with E-state index in [1.807, 2.05) is 53.4 Å². The van der Waals surface area contributed by atoms with Crippen LogP contribution in [0.4, 0.5) is 4.79 Å². The first-order chi connectivity index (χ1) is 19.3. The van der Waals surface area contributed by atoms with E-state index in [4.69, 9.17) is 18.6 Å². The minimum atomic E-state index is -1.76. The Bertz CT molecular complexity index is 1080. The van der Waals surface area contributed by atoms with Crippen molar-refractivity contribution in [3.63, 3.8) is 0 Å². The monoisotopic (exact) mass is 565 g/mol. The molecule has 1 fully saturated rings. The SMILES string of the molecule is C[C@H]1CC(O[Si](C)(C)C)=C(CCCN(Cc2ccccc2)C(=O)OCc2ccccc2)[C@H](CCC2OCCO2)C1.